The van der Waals surface area contributed by atoms with Crippen molar-refractivity contribution < 1.29 is 9.90 Å². The Morgan fingerprint density at radius 2 is 2.05 bits per heavy atom. The molecule has 0 saturated heterocycles. The summed E-state index contributed by atoms with van der Waals surface area (Å²) in [5.74, 6) is -0.720. The molecule has 0 aliphatic heterocycles. The average Bonchev–Trinajstić information content (AvgIpc) is 2.88. The number of aromatic nitrogens is 4. The summed E-state index contributed by atoms with van der Waals surface area (Å²) in [4.78, 5) is 21.9. The van der Waals surface area contributed by atoms with Crippen molar-refractivity contribution in [2.24, 2.45) is 0 Å². The number of benzene rings is 1. The fourth-order valence-corrected chi connectivity index (χ4v) is 2.42. The van der Waals surface area contributed by atoms with Crippen LogP contribution in [0.1, 0.15) is 11.4 Å². The predicted molar refractivity (Wildman–Crippen MR) is 79.6 cm³/mol. The summed E-state index contributed by atoms with van der Waals surface area (Å²) in [6, 6.07) is 9.57. The number of carbonyl (C=O) groups is 1. The maximum absolute atomic E-state index is 10.8. The number of fused-ring (bicyclic) bond motifs is 1. The number of hydrogen-bond acceptors (Lipinski definition) is 4. The highest BCUT2D eigenvalue weighted by atomic mass is 35.5. The van der Waals surface area contributed by atoms with Gasteiger partial charge in [-0.15, -0.1) is 0 Å². The maximum Gasteiger partial charge on any atom is 0.311 e. The van der Waals surface area contributed by atoms with Gasteiger partial charge in [0.05, 0.1) is 6.54 Å². The summed E-state index contributed by atoms with van der Waals surface area (Å²) in [5.41, 5.74) is 1.80. The summed E-state index contributed by atoms with van der Waals surface area (Å²) >= 11 is 6.02. The van der Waals surface area contributed by atoms with E-state index in [4.69, 9.17) is 22.1 Å². The molecular formula is C14H12ClN5O2. The Hall–Kier alpha value is -2.67. The second kappa shape index (κ2) is 5.61. The van der Waals surface area contributed by atoms with Gasteiger partial charge in [0.1, 0.15) is 17.8 Å². The van der Waals surface area contributed by atoms with E-state index >= 15 is 0 Å². The van der Waals surface area contributed by atoms with Crippen molar-refractivity contribution in [3.8, 4) is 0 Å². The zero-order valence-electron chi connectivity index (χ0n) is 11.4. The first kappa shape index (κ1) is 14.3. The number of H-pyrrole nitrogens is 1. The summed E-state index contributed by atoms with van der Waals surface area (Å²) in [7, 11) is 0. The molecule has 1 aromatic carbocycles. The Bertz CT molecular complexity index is 901. The molecule has 0 radical (unpaired) electrons. The van der Waals surface area contributed by atoms with E-state index in [-0.39, 0.29) is 23.0 Å². The third-order valence-electron chi connectivity index (χ3n) is 3.16. The molecule has 3 N–H and O–H groups in total. The molecule has 8 heteroatoms. The van der Waals surface area contributed by atoms with E-state index in [0.717, 1.165) is 5.56 Å². The molecule has 0 bridgehead atoms. The third-order valence-corrected chi connectivity index (χ3v) is 3.43. The highest BCUT2D eigenvalue weighted by Gasteiger charge is 2.14. The molecule has 0 saturated carbocycles. The fraction of sp³-hybridized carbons (Fsp3) is 0.143. The average molecular weight is 318 g/mol. The molecule has 0 atom stereocenters. The highest BCUT2D eigenvalue weighted by molar-refractivity contribution is 6.33. The van der Waals surface area contributed by atoms with Crippen LogP contribution >= 0.6 is 11.6 Å². The number of aliphatic carboxylic acids is 1. The van der Waals surface area contributed by atoms with E-state index in [1.165, 1.54) is 0 Å². The molecule has 0 spiro atoms. The number of aromatic amines is 1. The number of carboxylic acids is 1. The quantitative estimate of drug-likeness (QED) is 0.635. The predicted octanol–water partition coefficient (Wildman–Crippen LogP) is 1.57. The minimum atomic E-state index is -0.996. The van der Waals surface area contributed by atoms with E-state index in [1.807, 2.05) is 30.3 Å². The van der Waals surface area contributed by atoms with Crippen LogP contribution in [0.5, 0.6) is 0 Å². The molecule has 0 aliphatic carbocycles. The van der Waals surface area contributed by atoms with Crippen molar-refractivity contribution >= 4 is 28.7 Å². The lowest BCUT2D eigenvalue weighted by Crippen LogP contribution is -2.24. The lowest BCUT2D eigenvalue weighted by atomic mass is 10.2. The normalized spacial score (nSPS) is 11.0. The standard InChI is InChI=1S/C14H12ClN5O2/c15-12-11-13(18-9(17-11)6-10(21)22)20(14(16)19-12)7-8-4-2-1-3-5-8/h1-5,16H,6-7H2,(H,17,18)(H,21,22). The van der Waals surface area contributed by atoms with Crippen molar-refractivity contribution in [1.29, 1.82) is 5.41 Å². The Morgan fingerprint density at radius 3 is 2.73 bits per heavy atom. The molecule has 3 rings (SSSR count). The van der Waals surface area contributed by atoms with Crippen molar-refractivity contribution in [3.05, 3.63) is 52.5 Å². The van der Waals surface area contributed by atoms with Gasteiger partial charge in [-0.3, -0.25) is 14.8 Å². The molecular weight excluding hydrogens is 306 g/mol. The number of carboxylic acid groups (broad SMARTS) is 1. The van der Waals surface area contributed by atoms with Crippen LogP contribution < -0.4 is 5.62 Å². The number of rotatable bonds is 4. The Labute approximate surface area is 129 Å². The maximum atomic E-state index is 10.8. The first-order valence-corrected chi connectivity index (χ1v) is 6.87. The van der Waals surface area contributed by atoms with Gasteiger partial charge < -0.3 is 10.1 Å². The first-order valence-electron chi connectivity index (χ1n) is 6.50. The largest absolute Gasteiger partial charge is 0.481 e. The third kappa shape index (κ3) is 2.71. The van der Waals surface area contributed by atoms with Gasteiger partial charge in [0.15, 0.2) is 10.8 Å². The first-order chi connectivity index (χ1) is 10.5. The summed E-state index contributed by atoms with van der Waals surface area (Å²) < 4.78 is 1.58. The zero-order valence-corrected chi connectivity index (χ0v) is 12.1. The summed E-state index contributed by atoms with van der Waals surface area (Å²) in [6.45, 7) is 0.401. The van der Waals surface area contributed by atoms with Gasteiger partial charge >= 0.3 is 5.97 Å². The Morgan fingerprint density at radius 1 is 1.32 bits per heavy atom. The molecule has 2 aromatic heterocycles. The topological polar surface area (TPSA) is 108 Å². The number of hydrogen-bond donors (Lipinski definition) is 3. The van der Waals surface area contributed by atoms with Crippen molar-refractivity contribution in [3.63, 3.8) is 0 Å². The van der Waals surface area contributed by atoms with Gasteiger partial charge in [-0.1, -0.05) is 41.9 Å². The van der Waals surface area contributed by atoms with E-state index in [0.29, 0.717) is 17.7 Å². The highest BCUT2D eigenvalue weighted by Crippen LogP contribution is 2.18. The van der Waals surface area contributed by atoms with Crippen molar-refractivity contribution in [2.75, 3.05) is 0 Å². The van der Waals surface area contributed by atoms with Crippen LogP contribution in [-0.2, 0) is 17.8 Å². The van der Waals surface area contributed by atoms with Crippen molar-refractivity contribution in [2.45, 2.75) is 13.0 Å². The van der Waals surface area contributed by atoms with E-state index < -0.39 is 5.97 Å². The monoisotopic (exact) mass is 317 g/mol. The lowest BCUT2D eigenvalue weighted by molar-refractivity contribution is -0.136. The molecule has 0 aliphatic rings. The molecule has 2 heterocycles. The SMILES string of the molecule is N=c1nc(Cl)c2[nH]c(CC(=O)O)nc2n1Cc1ccccc1. The van der Waals surface area contributed by atoms with Gasteiger partial charge in [0.2, 0.25) is 5.62 Å². The van der Waals surface area contributed by atoms with Crippen LogP contribution in [0.3, 0.4) is 0 Å². The lowest BCUT2D eigenvalue weighted by Gasteiger charge is -2.07. The summed E-state index contributed by atoms with van der Waals surface area (Å²) in [6.07, 6.45) is -0.246. The second-order valence-electron chi connectivity index (χ2n) is 4.75. The molecule has 22 heavy (non-hydrogen) atoms. The van der Waals surface area contributed by atoms with E-state index in [9.17, 15) is 4.79 Å². The van der Waals surface area contributed by atoms with Crippen LogP contribution in [0.2, 0.25) is 5.15 Å². The smallest absolute Gasteiger partial charge is 0.311 e. The van der Waals surface area contributed by atoms with Crippen LogP contribution in [0.4, 0.5) is 0 Å². The van der Waals surface area contributed by atoms with Gasteiger partial charge in [-0.05, 0) is 5.56 Å². The number of halogens is 1. The van der Waals surface area contributed by atoms with Crippen LogP contribution in [0, 0.1) is 5.41 Å². The molecule has 0 amide bonds. The van der Waals surface area contributed by atoms with Gasteiger partial charge in [-0.25, -0.2) is 4.98 Å². The van der Waals surface area contributed by atoms with Crippen molar-refractivity contribution in [1.82, 2.24) is 19.5 Å². The van der Waals surface area contributed by atoms with Gasteiger partial charge in [0, 0.05) is 0 Å². The molecule has 7 nitrogen and oxygen atoms in total. The minimum absolute atomic E-state index is 0.0327. The number of nitrogens with one attached hydrogen (secondary N) is 2. The van der Waals surface area contributed by atoms with Crippen LogP contribution in [0.15, 0.2) is 30.3 Å². The fourth-order valence-electron chi connectivity index (χ4n) is 2.20. The Kier molecular flexibility index (Phi) is 3.64. The second-order valence-corrected chi connectivity index (χ2v) is 5.11. The van der Waals surface area contributed by atoms with E-state index in [2.05, 4.69) is 15.0 Å². The Balaban J connectivity index is 2.14. The number of imidazole rings is 1. The van der Waals surface area contributed by atoms with Crippen LogP contribution in [-0.4, -0.2) is 30.6 Å². The van der Waals surface area contributed by atoms with Gasteiger partial charge in [-0.2, -0.15) is 4.98 Å². The minimum Gasteiger partial charge on any atom is -0.481 e. The number of nitrogens with zero attached hydrogens (tertiary/aromatic N) is 3. The van der Waals surface area contributed by atoms with Gasteiger partial charge in [0.25, 0.3) is 0 Å². The zero-order chi connectivity index (χ0) is 15.7. The molecule has 0 unspecified atom stereocenters. The molecule has 3 aromatic rings. The van der Waals surface area contributed by atoms with E-state index in [1.54, 1.807) is 4.57 Å². The molecule has 0 fully saturated rings. The molecule has 112 valence electrons. The summed E-state index contributed by atoms with van der Waals surface area (Å²) in [5, 5.41) is 17.0. The van der Waals surface area contributed by atoms with Crippen LogP contribution in [0.25, 0.3) is 11.2 Å².